The normalized spacial score (nSPS) is 15.8. The molecular weight excluding hydrogens is 242 g/mol. The molecule has 3 heteroatoms. The van der Waals surface area contributed by atoms with Crippen molar-refractivity contribution < 1.29 is 4.55 Å². The molecular formula is C15H25NOS. The molecule has 1 unspecified atom stereocenters. The Morgan fingerprint density at radius 2 is 1.61 bits per heavy atom. The Bertz CT molecular complexity index is 367. The van der Waals surface area contributed by atoms with E-state index in [0.29, 0.717) is 5.92 Å². The molecule has 0 aliphatic heterocycles. The van der Waals surface area contributed by atoms with Crippen LogP contribution in [0.2, 0.25) is 0 Å². The Kier molecular flexibility index (Phi) is 5.26. The van der Waals surface area contributed by atoms with Crippen molar-refractivity contribution in [1.29, 1.82) is 0 Å². The van der Waals surface area contributed by atoms with E-state index >= 15 is 0 Å². The van der Waals surface area contributed by atoms with Crippen molar-refractivity contribution in [2.45, 2.75) is 52.3 Å². The summed E-state index contributed by atoms with van der Waals surface area (Å²) in [7, 11) is 0. The summed E-state index contributed by atoms with van der Waals surface area (Å²) in [4.78, 5) is 0. The van der Waals surface area contributed by atoms with Crippen molar-refractivity contribution >= 4 is 11.4 Å². The minimum Gasteiger partial charge on any atom is -0.598 e. The van der Waals surface area contributed by atoms with Gasteiger partial charge in [-0.2, -0.15) is 0 Å². The van der Waals surface area contributed by atoms with Crippen LogP contribution in [0.3, 0.4) is 0 Å². The van der Waals surface area contributed by atoms with E-state index in [1.807, 2.05) is 20.8 Å². The van der Waals surface area contributed by atoms with E-state index < -0.39 is 11.4 Å². The first-order chi connectivity index (χ1) is 8.21. The highest BCUT2D eigenvalue weighted by Crippen LogP contribution is 2.25. The van der Waals surface area contributed by atoms with E-state index in [4.69, 9.17) is 0 Å². The van der Waals surface area contributed by atoms with Crippen molar-refractivity contribution in [2.75, 3.05) is 0 Å². The summed E-state index contributed by atoms with van der Waals surface area (Å²) in [5, 5.41) is 0. The molecule has 1 aromatic carbocycles. The predicted molar refractivity (Wildman–Crippen MR) is 79.8 cm³/mol. The van der Waals surface area contributed by atoms with Gasteiger partial charge in [-0.15, -0.1) is 4.72 Å². The maximum atomic E-state index is 12.2. The molecule has 0 saturated carbocycles. The number of aryl methyl sites for hydroxylation is 1. The van der Waals surface area contributed by atoms with E-state index in [0.717, 1.165) is 0 Å². The lowest BCUT2D eigenvalue weighted by atomic mass is 9.96. The molecule has 0 aliphatic rings. The molecule has 0 spiro atoms. The molecule has 0 fully saturated rings. The number of hydrogen-bond donors (Lipinski definition) is 1. The highest BCUT2D eigenvalue weighted by molar-refractivity contribution is 7.90. The van der Waals surface area contributed by atoms with Gasteiger partial charge in [-0.1, -0.05) is 43.7 Å². The minimum atomic E-state index is -1.04. The SMILES string of the molecule is Cc1ccc([C@@H](N[S+]([O-])C(C)(C)C)C(C)C)cc1. The predicted octanol–water partition coefficient (Wildman–Crippen LogP) is 3.74. The molecule has 1 aromatic rings. The molecule has 102 valence electrons. The number of nitrogens with one attached hydrogen (secondary N) is 1. The Labute approximate surface area is 114 Å². The second-order valence-electron chi connectivity index (χ2n) is 6.13. The molecule has 0 aromatic heterocycles. The Hall–Kier alpha value is -0.510. The maximum absolute atomic E-state index is 12.2. The average Bonchev–Trinajstić information content (AvgIpc) is 2.25. The third-order valence-electron chi connectivity index (χ3n) is 2.89. The van der Waals surface area contributed by atoms with E-state index in [1.165, 1.54) is 11.1 Å². The molecule has 0 radical (unpaired) electrons. The highest BCUT2D eigenvalue weighted by Gasteiger charge is 2.30. The van der Waals surface area contributed by atoms with Crippen LogP contribution >= 0.6 is 0 Å². The molecule has 1 rings (SSSR count). The molecule has 2 atom stereocenters. The first-order valence-corrected chi connectivity index (χ1v) is 7.61. The molecule has 0 heterocycles. The molecule has 2 nitrogen and oxygen atoms in total. The van der Waals surface area contributed by atoms with Crippen LogP contribution in [0.25, 0.3) is 0 Å². The van der Waals surface area contributed by atoms with Gasteiger partial charge < -0.3 is 4.55 Å². The van der Waals surface area contributed by atoms with Crippen LogP contribution in [0.4, 0.5) is 0 Å². The third kappa shape index (κ3) is 4.30. The van der Waals surface area contributed by atoms with Gasteiger partial charge in [0.15, 0.2) is 0 Å². The van der Waals surface area contributed by atoms with E-state index in [9.17, 15) is 4.55 Å². The van der Waals surface area contributed by atoms with Crippen LogP contribution in [0, 0.1) is 12.8 Å². The molecule has 18 heavy (non-hydrogen) atoms. The number of benzene rings is 1. The molecule has 0 bridgehead atoms. The maximum Gasteiger partial charge on any atom is 0.136 e. The highest BCUT2D eigenvalue weighted by atomic mass is 32.2. The molecule has 0 aliphatic carbocycles. The number of hydrogen-bond acceptors (Lipinski definition) is 2. The van der Waals surface area contributed by atoms with E-state index in [1.54, 1.807) is 0 Å². The Morgan fingerprint density at radius 3 is 2.00 bits per heavy atom. The quantitative estimate of drug-likeness (QED) is 0.843. The van der Waals surface area contributed by atoms with Gasteiger partial charge in [-0.3, -0.25) is 0 Å². The first-order valence-electron chi connectivity index (χ1n) is 6.46. The molecule has 1 N–H and O–H groups in total. The van der Waals surface area contributed by atoms with Gasteiger partial charge in [0, 0.05) is 11.4 Å². The monoisotopic (exact) mass is 267 g/mol. The number of rotatable bonds is 4. The fourth-order valence-corrected chi connectivity index (χ4v) is 2.65. The summed E-state index contributed by atoms with van der Waals surface area (Å²) in [6.07, 6.45) is 0. The Morgan fingerprint density at radius 1 is 1.11 bits per heavy atom. The fraction of sp³-hybridized carbons (Fsp3) is 0.600. The van der Waals surface area contributed by atoms with Crippen LogP contribution in [0.1, 0.15) is 51.8 Å². The Balaban J connectivity index is 2.87. The summed E-state index contributed by atoms with van der Waals surface area (Å²) in [6, 6.07) is 8.57. The average molecular weight is 267 g/mol. The van der Waals surface area contributed by atoms with Crippen molar-refractivity contribution in [3.8, 4) is 0 Å². The zero-order chi connectivity index (χ0) is 13.9. The van der Waals surface area contributed by atoms with Gasteiger partial charge in [0.1, 0.15) is 4.75 Å². The van der Waals surface area contributed by atoms with Gasteiger partial charge in [0.05, 0.1) is 6.04 Å². The summed E-state index contributed by atoms with van der Waals surface area (Å²) >= 11 is -1.04. The first kappa shape index (κ1) is 15.5. The lowest BCUT2D eigenvalue weighted by molar-refractivity contribution is 0.452. The van der Waals surface area contributed by atoms with Gasteiger partial charge in [-0.25, -0.2) is 0 Å². The van der Waals surface area contributed by atoms with Gasteiger partial charge >= 0.3 is 0 Å². The topological polar surface area (TPSA) is 35.1 Å². The van der Waals surface area contributed by atoms with Gasteiger partial charge in [0.25, 0.3) is 0 Å². The second kappa shape index (κ2) is 6.09. The standard InChI is InChI=1S/C15H25NOS/c1-11(2)14(16-18(17)15(4,5)6)13-9-7-12(3)8-10-13/h7-11,14,16H,1-6H3/t14-,18?/m0/s1. The van der Waals surface area contributed by atoms with Gasteiger partial charge in [0.2, 0.25) is 0 Å². The van der Waals surface area contributed by atoms with E-state index in [-0.39, 0.29) is 10.8 Å². The van der Waals surface area contributed by atoms with Crippen LogP contribution in [-0.2, 0) is 11.4 Å². The second-order valence-corrected chi connectivity index (χ2v) is 8.13. The van der Waals surface area contributed by atoms with Crippen molar-refractivity contribution in [1.82, 2.24) is 4.72 Å². The van der Waals surface area contributed by atoms with Crippen LogP contribution in [-0.4, -0.2) is 9.30 Å². The smallest absolute Gasteiger partial charge is 0.136 e. The largest absolute Gasteiger partial charge is 0.598 e. The van der Waals surface area contributed by atoms with Gasteiger partial charge in [-0.05, 0) is 39.2 Å². The van der Waals surface area contributed by atoms with Crippen molar-refractivity contribution in [3.63, 3.8) is 0 Å². The fourth-order valence-electron chi connectivity index (χ4n) is 1.65. The van der Waals surface area contributed by atoms with Crippen LogP contribution < -0.4 is 4.72 Å². The van der Waals surface area contributed by atoms with Crippen molar-refractivity contribution in [3.05, 3.63) is 35.4 Å². The van der Waals surface area contributed by atoms with Crippen LogP contribution in [0.5, 0.6) is 0 Å². The zero-order valence-corrected chi connectivity index (χ0v) is 13.1. The summed E-state index contributed by atoms with van der Waals surface area (Å²) in [5.41, 5.74) is 2.45. The third-order valence-corrected chi connectivity index (χ3v) is 4.47. The minimum absolute atomic E-state index is 0.130. The summed E-state index contributed by atoms with van der Waals surface area (Å²) in [6.45, 7) is 12.3. The summed E-state index contributed by atoms with van der Waals surface area (Å²) < 4.78 is 15.2. The lowest BCUT2D eigenvalue weighted by Crippen LogP contribution is -2.42. The zero-order valence-electron chi connectivity index (χ0n) is 12.3. The van der Waals surface area contributed by atoms with Crippen LogP contribution in [0.15, 0.2) is 24.3 Å². The molecule has 0 saturated heterocycles. The molecule has 0 amide bonds. The van der Waals surface area contributed by atoms with Crippen molar-refractivity contribution in [2.24, 2.45) is 5.92 Å². The van der Waals surface area contributed by atoms with E-state index in [2.05, 4.69) is 49.8 Å². The lowest BCUT2D eigenvalue weighted by Gasteiger charge is -2.30. The summed E-state index contributed by atoms with van der Waals surface area (Å²) in [5.74, 6) is 0.402.